The Labute approximate surface area is 137 Å². The number of aromatic nitrogens is 4. The van der Waals surface area contributed by atoms with E-state index in [1.807, 2.05) is 28.8 Å². The van der Waals surface area contributed by atoms with Gasteiger partial charge in [0.15, 0.2) is 11.5 Å². The van der Waals surface area contributed by atoms with Crippen LogP contribution in [0.5, 0.6) is 0 Å². The first-order chi connectivity index (χ1) is 11.7. The Balaban J connectivity index is 1.86. The maximum Gasteiger partial charge on any atom is 0.278 e. The monoisotopic (exact) mass is 325 g/mol. The van der Waals surface area contributed by atoms with E-state index in [2.05, 4.69) is 15.1 Å². The number of para-hydroxylation sites is 1. The number of carbonyl (C=O) groups excluding carboxylic acids is 1. The molecule has 0 spiro atoms. The van der Waals surface area contributed by atoms with Crippen molar-refractivity contribution in [2.75, 3.05) is 14.2 Å². The minimum absolute atomic E-state index is 0.0362. The molecule has 1 amide bonds. The van der Waals surface area contributed by atoms with Crippen LogP contribution in [0, 0.1) is 0 Å². The van der Waals surface area contributed by atoms with Crippen molar-refractivity contribution in [1.29, 1.82) is 0 Å². The summed E-state index contributed by atoms with van der Waals surface area (Å²) in [6, 6.07) is 7.45. The van der Waals surface area contributed by atoms with Crippen LogP contribution >= 0.6 is 0 Å². The molecule has 1 aliphatic heterocycles. The maximum absolute atomic E-state index is 12.6. The molecular weight excluding hydrogens is 310 g/mol. The molecule has 8 heteroatoms. The number of hydrogen-bond donors (Lipinski definition) is 0. The minimum atomic E-state index is -0.0362. The summed E-state index contributed by atoms with van der Waals surface area (Å²) in [4.78, 5) is 22.9. The number of amides is 1. The fourth-order valence-electron chi connectivity index (χ4n) is 2.82. The lowest BCUT2D eigenvalue weighted by molar-refractivity contribution is 0.0788. The number of methoxy groups -OCH3 is 1. The van der Waals surface area contributed by atoms with Gasteiger partial charge >= 0.3 is 0 Å². The van der Waals surface area contributed by atoms with Crippen LogP contribution in [-0.4, -0.2) is 44.7 Å². The van der Waals surface area contributed by atoms with Crippen LogP contribution in [0.1, 0.15) is 21.9 Å². The lowest BCUT2D eigenvalue weighted by atomic mass is 10.1. The molecule has 4 rings (SSSR count). The van der Waals surface area contributed by atoms with Gasteiger partial charge in [0.1, 0.15) is 12.9 Å². The van der Waals surface area contributed by atoms with Gasteiger partial charge in [-0.1, -0.05) is 17.3 Å². The molecule has 24 heavy (non-hydrogen) atoms. The first kappa shape index (κ1) is 14.6. The number of fused-ring (bicyclic) bond motifs is 3. The summed E-state index contributed by atoms with van der Waals surface area (Å²) < 4.78 is 12.2. The van der Waals surface area contributed by atoms with Gasteiger partial charge in [0.25, 0.3) is 11.8 Å². The Morgan fingerprint density at radius 2 is 2.17 bits per heavy atom. The Morgan fingerprint density at radius 3 is 3.00 bits per heavy atom. The van der Waals surface area contributed by atoms with Gasteiger partial charge in [-0.05, 0) is 12.1 Å². The summed E-state index contributed by atoms with van der Waals surface area (Å²) in [5, 5.41) is 3.87. The molecule has 2 aromatic heterocycles. The van der Waals surface area contributed by atoms with E-state index >= 15 is 0 Å². The highest BCUT2D eigenvalue weighted by Crippen LogP contribution is 2.29. The predicted molar refractivity (Wildman–Crippen MR) is 83.4 cm³/mol. The number of imidazole rings is 1. The third-order valence-electron chi connectivity index (χ3n) is 3.94. The quantitative estimate of drug-likeness (QED) is 0.728. The van der Waals surface area contributed by atoms with Crippen LogP contribution in [0.15, 0.2) is 35.1 Å². The normalized spacial score (nSPS) is 13.6. The molecule has 3 heterocycles. The molecule has 1 aromatic carbocycles. The van der Waals surface area contributed by atoms with Crippen molar-refractivity contribution in [3.63, 3.8) is 0 Å². The summed E-state index contributed by atoms with van der Waals surface area (Å²) in [6.07, 6.45) is 1.68. The second-order valence-corrected chi connectivity index (χ2v) is 5.54. The van der Waals surface area contributed by atoms with Gasteiger partial charge in [0.2, 0.25) is 0 Å². The average molecular weight is 325 g/mol. The zero-order chi connectivity index (χ0) is 16.7. The summed E-state index contributed by atoms with van der Waals surface area (Å²) in [5.74, 6) is 0.731. The van der Waals surface area contributed by atoms with Crippen LogP contribution in [0.25, 0.3) is 17.3 Å². The molecule has 0 radical (unpaired) electrons. The molecule has 122 valence electrons. The summed E-state index contributed by atoms with van der Waals surface area (Å²) in [6.45, 7) is 0.658. The average Bonchev–Trinajstić information content (AvgIpc) is 3.19. The summed E-state index contributed by atoms with van der Waals surface area (Å²) in [7, 11) is 3.33. The highest BCUT2D eigenvalue weighted by atomic mass is 16.5. The third-order valence-corrected chi connectivity index (χ3v) is 3.94. The third kappa shape index (κ3) is 2.19. The zero-order valence-electron chi connectivity index (χ0n) is 13.3. The van der Waals surface area contributed by atoms with Gasteiger partial charge in [0, 0.05) is 14.2 Å². The first-order valence-electron chi connectivity index (χ1n) is 7.42. The van der Waals surface area contributed by atoms with Crippen LogP contribution in [-0.2, 0) is 17.9 Å². The van der Waals surface area contributed by atoms with E-state index in [-0.39, 0.29) is 12.5 Å². The molecule has 1 aliphatic rings. The van der Waals surface area contributed by atoms with Crippen molar-refractivity contribution >= 4 is 5.91 Å². The van der Waals surface area contributed by atoms with E-state index in [4.69, 9.17) is 9.26 Å². The Hall–Kier alpha value is -3.00. The van der Waals surface area contributed by atoms with Crippen LogP contribution in [0.4, 0.5) is 0 Å². The fraction of sp³-hybridized carbons (Fsp3) is 0.250. The smallest absolute Gasteiger partial charge is 0.278 e. The minimum Gasteiger partial charge on any atom is -0.377 e. The molecule has 0 unspecified atom stereocenters. The molecule has 0 saturated heterocycles. The van der Waals surface area contributed by atoms with Crippen molar-refractivity contribution in [2.24, 2.45) is 0 Å². The number of nitrogens with zero attached hydrogens (tertiary/aromatic N) is 5. The van der Waals surface area contributed by atoms with E-state index in [0.717, 1.165) is 11.4 Å². The van der Waals surface area contributed by atoms with Gasteiger partial charge in [-0.2, -0.15) is 4.98 Å². The summed E-state index contributed by atoms with van der Waals surface area (Å²) in [5.41, 5.74) is 2.81. The van der Waals surface area contributed by atoms with E-state index in [1.54, 1.807) is 25.4 Å². The Kier molecular flexibility index (Phi) is 3.39. The van der Waals surface area contributed by atoms with Crippen molar-refractivity contribution in [3.8, 4) is 17.3 Å². The molecule has 0 bridgehead atoms. The zero-order valence-corrected chi connectivity index (χ0v) is 13.3. The molecular formula is C16H15N5O3. The lowest BCUT2D eigenvalue weighted by Crippen LogP contribution is -2.25. The standard InChI is InChI=1S/C16H15N5O3/c1-20-7-12-14(15-18-13(8-23-2)19-24-15)17-9-21(12)11-6-4-3-5-10(11)16(20)22/h3-6,9H,7-8H2,1-2H3. The van der Waals surface area contributed by atoms with Crippen LogP contribution < -0.4 is 0 Å². The van der Waals surface area contributed by atoms with Crippen molar-refractivity contribution in [2.45, 2.75) is 13.2 Å². The highest BCUT2D eigenvalue weighted by Gasteiger charge is 2.28. The van der Waals surface area contributed by atoms with Crippen molar-refractivity contribution in [3.05, 3.63) is 47.7 Å². The van der Waals surface area contributed by atoms with Gasteiger partial charge in [-0.25, -0.2) is 4.98 Å². The van der Waals surface area contributed by atoms with Crippen molar-refractivity contribution < 1.29 is 14.1 Å². The Bertz CT molecular complexity index is 914. The van der Waals surface area contributed by atoms with Crippen LogP contribution in [0.3, 0.4) is 0 Å². The van der Waals surface area contributed by atoms with Gasteiger partial charge in [-0.3, -0.25) is 9.36 Å². The topological polar surface area (TPSA) is 86.3 Å². The van der Waals surface area contributed by atoms with Gasteiger partial charge in [0.05, 0.1) is 23.5 Å². The van der Waals surface area contributed by atoms with Crippen LogP contribution in [0.2, 0.25) is 0 Å². The summed E-state index contributed by atoms with van der Waals surface area (Å²) >= 11 is 0. The second kappa shape index (κ2) is 5.57. The lowest BCUT2D eigenvalue weighted by Gasteiger charge is -2.14. The highest BCUT2D eigenvalue weighted by molar-refractivity contribution is 5.98. The fourth-order valence-corrected chi connectivity index (χ4v) is 2.82. The number of rotatable bonds is 3. The molecule has 3 aromatic rings. The Morgan fingerprint density at radius 1 is 1.33 bits per heavy atom. The van der Waals surface area contributed by atoms with E-state index < -0.39 is 0 Å². The molecule has 0 N–H and O–H groups in total. The maximum atomic E-state index is 12.6. The largest absolute Gasteiger partial charge is 0.377 e. The second-order valence-electron chi connectivity index (χ2n) is 5.54. The number of benzene rings is 1. The van der Waals surface area contributed by atoms with Crippen molar-refractivity contribution in [1.82, 2.24) is 24.6 Å². The van der Waals surface area contributed by atoms with E-state index in [1.165, 1.54) is 0 Å². The molecule has 0 saturated carbocycles. The van der Waals surface area contributed by atoms with E-state index in [0.29, 0.717) is 29.5 Å². The molecule has 0 aliphatic carbocycles. The first-order valence-corrected chi connectivity index (χ1v) is 7.42. The SMILES string of the molecule is COCc1noc(-c2ncn3c2CN(C)C(=O)c2ccccc2-3)n1. The number of carbonyl (C=O) groups is 1. The van der Waals surface area contributed by atoms with E-state index in [9.17, 15) is 4.79 Å². The molecule has 0 fully saturated rings. The molecule has 0 atom stereocenters. The predicted octanol–water partition coefficient (Wildman–Crippen LogP) is 1.65. The van der Waals surface area contributed by atoms with Gasteiger partial charge < -0.3 is 14.2 Å². The van der Waals surface area contributed by atoms with Gasteiger partial charge in [-0.15, -0.1) is 0 Å². The number of hydrogen-bond acceptors (Lipinski definition) is 6. The molecule has 8 nitrogen and oxygen atoms in total. The number of ether oxygens (including phenoxy) is 1.